The molecule has 0 saturated heterocycles. The third kappa shape index (κ3) is 5.97. The highest BCUT2D eigenvalue weighted by Crippen LogP contribution is 2.06. The first-order chi connectivity index (χ1) is 9.29. The number of aryl methyl sites for hydroxylation is 1. The van der Waals surface area contributed by atoms with E-state index in [1.165, 1.54) is 0 Å². The Hall–Kier alpha value is -1.68. The SMILES string of the molecule is C[C@@H](NC(=O)NCCCNS(C)(=O)=O)c1nncn1C. The predicted molar refractivity (Wildman–Crippen MR) is 73.4 cm³/mol. The lowest BCUT2D eigenvalue weighted by Crippen LogP contribution is -2.39. The zero-order chi connectivity index (χ0) is 15.2. The number of rotatable bonds is 7. The highest BCUT2D eigenvalue weighted by Gasteiger charge is 2.13. The number of hydrogen-bond donors (Lipinski definition) is 3. The van der Waals surface area contributed by atoms with Gasteiger partial charge >= 0.3 is 6.03 Å². The average molecular weight is 304 g/mol. The van der Waals surface area contributed by atoms with Crippen LogP contribution >= 0.6 is 0 Å². The lowest BCUT2D eigenvalue weighted by molar-refractivity contribution is 0.237. The molecule has 0 radical (unpaired) electrons. The van der Waals surface area contributed by atoms with Gasteiger partial charge in [0.25, 0.3) is 0 Å². The van der Waals surface area contributed by atoms with E-state index in [9.17, 15) is 13.2 Å². The van der Waals surface area contributed by atoms with E-state index >= 15 is 0 Å². The molecule has 0 saturated carbocycles. The second-order valence-corrected chi connectivity index (χ2v) is 6.28. The molecule has 0 aromatic carbocycles. The number of nitrogens with zero attached hydrogens (tertiary/aromatic N) is 3. The average Bonchev–Trinajstić information content (AvgIpc) is 2.73. The minimum Gasteiger partial charge on any atom is -0.338 e. The number of urea groups is 1. The van der Waals surface area contributed by atoms with Crippen molar-refractivity contribution in [3.63, 3.8) is 0 Å². The number of amides is 2. The summed E-state index contributed by atoms with van der Waals surface area (Å²) in [6, 6.07) is -0.600. The molecule has 0 aliphatic carbocycles. The number of nitrogens with one attached hydrogen (secondary N) is 3. The number of aromatic nitrogens is 3. The molecular weight excluding hydrogens is 284 g/mol. The van der Waals surface area contributed by atoms with Crippen molar-refractivity contribution in [2.24, 2.45) is 7.05 Å². The van der Waals surface area contributed by atoms with Crippen molar-refractivity contribution >= 4 is 16.1 Å². The molecular formula is C10H20N6O3S. The van der Waals surface area contributed by atoms with Gasteiger partial charge in [-0.3, -0.25) is 0 Å². The van der Waals surface area contributed by atoms with Crippen molar-refractivity contribution in [3.05, 3.63) is 12.2 Å². The second kappa shape index (κ2) is 7.20. The van der Waals surface area contributed by atoms with E-state index in [1.54, 1.807) is 24.9 Å². The number of carbonyl (C=O) groups excluding carboxylic acids is 1. The fourth-order valence-electron chi connectivity index (χ4n) is 1.54. The molecule has 0 aliphatic rings. The van der Waals surface area contributed by atoms with Crippen molar-refractivity contribution < 1.29 is 13.2 Å². The molecule has 9 nitrogen and oxygen atoms in total. The molecule has 0 spiro atoms. The molecule has 2 amide bonds. The van der Waals surface area contributed by atoms with Gasteiger partial charge in [-0.15, -0.1) is 10.2 Å². The zero-order valence-electron chi connectivity index (χ0n) is 11.8. The summed E-state index contributed by atoms with van der Waals surface area (Å²) in [6.07, 6.45) is 3.16. The molecule has 0 aliphatic heterocycles. The quantitative estimate of drug-likeness (QED) is 0.565. The van der Waals surface area contributed by atoms with Crippen molar-refractivity contribution in [1.29, 1.82) is 0 Å². The maximum atomic E-state index is 11.6. The molecule has 1 aromatic heterocycles. The summed E-state index contributed by atoms with van der Waals surface area (Å²) in [5, 5.41) is 13.0. The van der Waals surface area contributed by atoms with Gasteiger partial charge in [-0.05, 0) is 13.3 Å². The smallest absolute Gasteiger partial charge is 0.315 e. The van der Waals surface area contributed by atoms with Crippen LogP contribution in [0.1, 0.15) is 25.2 Å². The topological polar surface area (TPSA) is 118 Å². The summed E-state index contributed by atoms with van der Waals surface area (Å²) in [5.41, 5.74) is 0. The third-order valence-electron chi connectivity index (χ3n) is 2.48. The first kappa shape index (κ1) is 16.4. The van der Waals surface area contributed by atoms with E-state index in [0.717, 1.165) is 6.26 Å². The number of carbonyl (C=O) groups is 1. The van der Waals surface area contributed by atoms with Crippen LogP contribution in [0.25, 0.3) is 0 Å². The third-order valence-corrected chi connectivity index (χ3v) is 3.21. The minimum atomic E-state index is -3.17. The Balaban J connectivity index is 2.22. The van der Waals surface area contributed by atoms with Crippen LogP contribution < -0.4 is 15.4 Å². The zero-order valence-corrected chi connectivity index (χ0v) is 12.6. The van der Waals surface area contributed by atoms with E-state index in [4.69, 9.17) is 0 Å². The first-order valence-corrected chi connectivity index (χ1v) is 8.01. The predicted octanol–water partition coefficient (Wildman–Crippen LogP) is -0.885. The molecule has 1 aromatic rings. The Morgan fingerprint density at radius 3 is 2.70 bits per heavy atom. The van der Waals surface area contributed by atoms with Gasteiger partial charge in [0.1, 0.15) is 6.33 Å². The Morgan fingerprint density at radius 2 is 2.15 bits per heavy atom. The van der Waals surface area contributed by atoms with E-state index in [0.29, 0.717) is 18.8 Å². The highest BCUT2D eigenvalue weighted by molar-refractivity contribution is 7.88. The van der Waals surface area contributed by atoms with Crippen molar-refractivity contribution in [1.82, 2.24) is 30.1 Å². The maximum Gasteiger partial charge on any atom is 0.315 e. The van der Waals surface area contributed by atoms with Gasteiger partial charge in [-0.1, -0.05) is 0 Å². The van der Waals surface area contributed by atoms with Crippen LogP contribution in [-0.2, 0) is 17.1 Å². The molecule has 0 unspecified atom stereocenters. The summed E-state index contributed by atoms with van der Waals surface area (Å²) in [6.45, 7) is 2.46. The molecule has 0 bridgehead atoms. The minimum absolute atomic E-state index is 0.267. The molecule has 20 heavy (non-hydrogen) atoms. The summed E-state index contributed by atoms with van der Waals surface area (Å²) in [7, 11) is -1.38. The first-order valence-electron chi connectivity index (χ1n) is 6.12. The van der Waals surface area contributed by atoms with Crippen LogP contribution in [0.3, 0.4) is 0 Å². The van der Waals surface area contributed by atoms with Crippen LogP contribution in [0.2, 0.25) is 0 Å². The fourth-order valence-corrected chi connectivity index (χ4v) is 2.06. The molecule has 1 heterocycles. The van der Waals surface area contributed by atoms with Gasteiger partial charge in [0.05, 0.1) is 12.3 Å². The van der Waals surface area contributed by atoms with E-state index in [-0.39, 0.29) is 18.6 Å². The van der Waals surface area contributed by atoms with Crippen LogP contribution in [0, 0.1) is 0 Å². The van der Waals surface area contributed by atoms with Crippen LogP contribution in [0.15, 0.2) is 6.33 Å². The van der Waals surface area contributed by atoms with Crippen LogP contribution in [-0.4, -0.2) is 48.6 Å². The van der Waals surface area contributed by atoms with Gasteiger partial charge in [0, 0.05) is 20.1 Å². The Morgan fingerprint density at radius 1 is 1.45 bits per heavy atom. The van der Waals surface area contributed by atoms with E-state index in [1.807, 2.05) is 0 Å². The van der Waals surface area contributed by atoms with Crippen LogP contribution in [0.5, 0.6) is 0 Å². The van der Waals surface area contributed by atoms with Gasteiger partial charge in [-0.2, -0.15) is 0 Å². The molecule has 1 rings (SSSR count). The van der Waals surface area contributed by atoms with Crippen LogP contribution in [0.4, 0.5) is 4.79 Å². The van der Waals surface area contributed by atoms with E-state index in [2.05, 4.69) is 25.6 Å². The molecule has 3 N–H and O–H groups in total. The van der Waals surface area contributed by atoms with Gasteiger partial charge in [-0.25, -0.2) is 17.9 Å². The fraction of sp³-hybridized carbons (Fsp3) is 0.700. The standard InChI is InChI=1S/C10H20N6O3S/c1-8(9-15-12-7-16(9)2)14-10(17)11-5-4-6-13-20(3,18)19/h7-8,13H,4-6H2,1-3H3,(H2,11,14,17)/t8-/m1/s1. The van der Waals surface area contributed by atoms with Gasteiger partial charge < -0.3 is 15.2 Å². The monoisotopic (exact) mass is 304 g/mol. The number of hydrogen-bond acceptors (Lipinski definition) is 5. The van der Waals surface area contributed by atoms with Crippen molar-refractivity contribution in [3.8, 4) is 0 Å². The number of sulfonamides is 1. The summed E-state index contributed by atoms with van der Waals surface area (Å²) in [4.78, 5) is 11.6. The maximum absolute atomic E-state index is 11.6. The van der Waals surface area contributed by atoms with Crippen molar-refractivity contribution in [2.75, 3.05) is 19.3 Å². The van der Waals surface area contributed by atoms with Gasteiger partial charge in [0.15, 0.2) is 5.82 Å². The summed E-state index contributed by atoms with van der Waals surface area (Å²) < 4.78 is 25.7. The van der Waals surface area contributed by atoms with Gasteiger partial charge in [0.2, 0.25) is 10.0 Å². The summed E-state index contributed by atoms with van der Waals surface area (Å²) >= 11 is 0. The molecule has 1 atom stereocenters. The Kier molecular flexibility index (Phi) is 5.89. The normalized spacial score (nSPS) is 12.9. The largest absolute Gasteiger partial charge is 0.338 e. The Bertz CT molecular complexity index is 541. The van der Waals surface area contributed by atoms with Crippen molar-refractivity contribution in [2.45, 2.75) is 19.4 Å². The Labute approximate surface area is 118 Å². The molecule has 10 heteroatoms. The molecule has 114 valence electrons. The lowest BCUT2D eigenvalue weighted by atomic mass is 10.3. The second-order valence-electron chi connectivity index (χ2n) is 4.44. The summed E-state index contributed by atoms with van der Waals surface area (Å²) in [5.74, 6) is 0.652. The lowest BCUT2D eigenvalue weighted by Gasteiger charge is -2.13. The molecule has 0 fully saturated rings. The van der Waals surface area contributed by atoms with E-state index < -0.39 is 10.0 Å². The highest BCUT2D eigenvalue weighted by atomic mass is 32.2.